The lowest BCUT2D eigenvalue weighted by Crippen LogP contribution is -2.02. The maximum atomic E-state index is 9.92. The maximum Gasteiger partial charge on any atom is 0.233 e. The third-order valence-corrected chi connectivity index (χ3v) is 5.83. The van der Waals surface area contributed by atoms with Crippen LogP contribution in [0.5, 0.6) is 11.6 Å². The van der Waals surface area contributed by atoms with Crippen LogP contribution in [-0.4, -0.2) is 18.7 Å². The van der Waals surface area contributed by atoms with Gasteiger partial charge >= 0.3 is 0 Å². The molecule has 0 aliphatic carbocycles. The van der Waals surface area contributed by atoms with E-state index < -0.39 is 0 Å². The van der Waals surface area contributed by atoms with E-state index in [1.54, 1.807) is 7.11 Å². The van der Waals surface area contributed by atoms with E-state index >= 15 is 0 Å². The highest BCUT2D eigenvalue weighted by atomic mass is 16.5. The van der Waals surface area contributed by atoms with Crippen LogP contribution in [0.15, 0.2) is 84.9 Å². The van der Waals surface area contributed by atoms with Gasteiger partial charge in [-0.15, -0.1) is 6.42 Å². The molecule has 0 unspecified atom stereocenters. The number of nitriles is 1. The molecule has 4 aromatic carbocycles. The van der Waals surface area contributed by atoms with Gasteiger partial charge in [-0.1, -0.05) is 66.6 Å². The molecule has 34 heavy (non-hydrogen) atoms. The normalized spacial score (nSPS) is 10.6. The molecule has 0 N–H and O–H groups in total. The number of benzene rings is 4. The molecule has 0 saturated carbocycles. The number of pyridine rings is 1. The topological polar surface area (TPSA) is 55.1 Å². The van der Waals surface area contributed by atoms with Crippen LogP contribution in [0.2, 0.25) is 0 Å². The molecule has 1 heterocycles. The fourth-order valence-electron chi connectivity index (χ4n) is 4.16. The van der Waals surface area contributed by atoms with Gasteiger partial charge in [0.25, 0.3) is 0 Å². The summed E-state index contributed by atoms with van der Waals surface area (Å²) in [5.74, 6) is 3.42. The largest absolute Gasteiger partial charge is 0.497 e. The van der Waals surface area contributed by atoms with Crippen molar-refractivity contribution in [2.45, 2.75) is 0 Å². The van der Waals surface area contributed by atoms with Crippen LogP contribution < -0.4 is 9.47 Å². The van der Waals surface area contributed by atoms with Gasteiger partial charge in [0.2, 0.25) is 5.88 Å². The molecule has 0 saturated heterocycles. The van der Waals surface area contributed by atoms with Gasteiger partial charge in [0.1, 0.15) is 17.4 Å². The van der Waals surface area contributed by atoms with Crippen LogP contribution in [0.25, 0.3) is 43.9 Å². The SMILES string of the molecule is C#CCOc1nc(-c2ccc3c(ccc4ccccc43)c2)cc(-c2ccc(OC)cc2)c1C#N. The van der Waals surface area contributed by atoms with Gasteiger partial charge in [0, 0.05) is 11.1 Å². The molecule has 0 bridgehead atoms. The summed E-state index contributed by atoms with van der Waals surface area (Å²) in [5, 5.41) is 14.6. The van der Waals surface area contributed by atoms with E-state index in [1.165, 1.54) is 16.2 Å². The summed E-state index contributed by atoms with van der Waals surface area (Å²) in [6, 6.07) is 30.6. The van der Waals surface area contributed by atoms with E-state index in [0.717, 1.165) is 27.8 Å². The molecule has 0 radical (unpaired) electrons. The van der Waals surface area contributed by atoms with Crippen molar-refractivity contribution in [3.05, 3.63) is 90.5 Å². The molecule has 0 spiro atoms. The van der Waals surface area contributed by atoms with Gasteiger partial charge in [0.15, 0.2) is 6.61 Å². The monoisotopic (exact) mass is 440 g/mol. The number of rotatable bonds is 5. The molecule has 0 fully saturated rings. The lowest BCUT2D eigenvalue weighted by Gasteiger charge is -2.13. The molecule has 1 aromatic heterocycles. The zero-order chi connectivity index (χ0) is 23.5. The van der Waals surface area contributed by atoms with Gasteiger partial charge in [-0.25, -0.2) is 4.98 Å². The zero-order valence-electron chi connectivity index (χ0n) is 18.6. The molecule has 4 heteroatoms. The Kier molecular flexibility index (Phi) is 5.56. The van der Waals surface area contributed by atoms with Crippen molar-refractivity contribution in [3.63, 3.8) is 0 Å². The minimum absolute atomic E-state index is 0.0247. The Balaban J connectivity index is 1.70. The average molecular weight is 441 g/mol. The van der Waals surface area contributed by atoms with E-state index in [9.17, 15) is 5.26 Å². The quantitative estimate of drug-likeness (QED) is 0.228. The molecule has 0 amide bonds. The molecule has 162 valence electrons. The Morgan fingerprint density at radius 1 is 0.853 bits per heavy atom. The lowest BCUT2D eigenvalue weighted by molar-refractivity contribution is 0.355. The standard InChI is InChI=1S/C30H20N2O2/c1-3-16-34-30-28(19-31)27(21-10-13-24(33-2)14-11-21)18-29(32-30)23-12-15-26-22(17-23)9-8-20-6-4-5-7-25(20)26/h1,4-15,17-18H,16H2,2H3. The molecular formula is C30H20N2O2. The second kappa shape index (κ2) is 8.98. The fraction of sp³-hybridized carbons (Fsp3) is 0.0667. The molecular weight excluding hydrogens is 420 g/mol. The van der Waals surface area contributed by atoms with Crippen LogP contribution >= 0.6 is 0 Å². The van der Waals surface area contributed by atoms with Crippen LogP contribution in [0, 0.1) is 23.7 Å². The van der Waals surface area contributed by atoms with Crippen molar-refractivity contribution in [3.8, 4) is 52.4 Å². The summed E-state index contributed by atoms with van der Waals surface area (Å²) in [4.78, 5) is 4.68. The fourth-order valence-corrected chi connectivity index (χ4v) is 4.16. The van der Waals surface area contributed by atoms with E-state index in [1.807, 2.05) is 48.5 Å². The first kappa shape index (κ1) is 21.1. The first-order valence-corrected chi connectivity index (χ1v) is 10.8. The van der Waals surface area contributed by atoms with Crippen molar-refractivity contribution in [2.24, 2.45) is 0 Å². The zero-order valence-corrected chi connectivity index (χ0v) is 18.6. The van der Waals surface area contributed by atoms with Gasteiger partial charge in [0.05, 0.1) is 12.8 Å². The van der Waals surface area contributed by atoms with Crippen molar-refractivity contribution < 1.29 is 9.47 Å². The average Bonchev–Trinajstić information content (AvgIpc) is 2.91. The summed E-state index contributed by atoms with van der Waals surface area (Å²) >= 11 is 0. The predicted octanol–water partition coefficient (Wildman–Crippen LogP) is 6.61. The summed E-state index contributed by atoms with van der Waals surface area (Å²) in [5.41, 5.74) is 3.55. The van der Waals surface area contributed by atoms with Crippen LogP contribution in [0.3, 0.4) is 0 Å². The summed E-state index contributed by atoms with van der Waals surface area (Å²) < 4.78 is 11.0. The molecule has 5 rings (SSSR count). The minimum Gasteiger partial charge on any atom is -0.497 e. The van der Waals surface area contributed by atoms with E-state index in [-0.39, 0.29) is 12.5 Å². The van der Waals surface area contributed by atoms with Crippen molar-refractivity contribution >= 4 is 21.5 Å². The summed E-state index contributed by atoms with van der Waals surface area (Å²) in [6.07, 6.45) is 5.41. The predicted molar refractivity (Wildman–Crippen MR) is 136 cm³/mol. The lowest BCUT2D eigenvalue weighted by atomic mass is 9.96. The maximum absolute atomic E-state index is 9.92. The third kappa shape index (κ3) is 3.79. The van der Waals surface area contributed by atoms with Crippen molar-refractivity contribution in [1.82, 2.24) is 4.98 Å². The number of terminal acetylenes is 1. The highest BCUT2D eigenvalue weighted by Crippen LogP contribution is 2.36. The first-order chi connectivity index (χ1) is 16.7. The molecule has 0 aliphatic rings. The van der Waals surface area contributed by atoms with E-state index in [4.69, 9.17) is 15.9 Å². The first-order valence-electron chi connectivity index (χ1n) is 10.8. The summed E-state index contributed by atoms with van der Waals surface area (Å²) in [6.45, 7) is 0.0247. The molecule has 0 aliphatic heterocycles. The Labute approximate surface area is 198 Å². The number of nitrogens with zero attached hydrogens (tertiary/aromatic N) is 2. The molecule has 5 aromatic rings. The van der Waals surface area contributed by atoms with Crippen LogP contribution in [0.4, 0.5) is 0 Å². The van der Waals surface area contributed by atoms with Gasteiger partial charge in [-0.3, -0.25) is 0 Å². The van der Waals surface area contributed by atoms with Crippen LogP contribution in [-0.2, 0) is 0 Å². The van der Waals surface area contributed by atoms with E-state index in [0.29, 0.717) is 11.3 Å². The number of methoxy groups -OCH3 is 1. The summed E-state index contributed by atoms with van der Waals surface area (Å²) in [7, 11) is 1.62. The van der Waals surface area contributed by atoms with Crippen molar-refractivity contribution in [1.29, 1.82) is 5.26 Å². The van der Waals surface area contributed by atoms with E-state index in [2.05, 4.69) is 53.4 Å². The Bertz CT molecular complexity index is 1610. The van der Waals surface area contributed by atoms with Gasteiger partial charge < -0.3 is 9.47 Å². The van der Waals surface area contributed by atoms with Crippen LogP contribution in [0.1, 0.15) is 5.56 Å². The van der Waals surface area contributed by atoms with Crippen molar-refractivity contribution in [2.75, 3.05) is 13.7 Å². The number of fused-ring (bicyclic) bond motifs is 3. The molecule has 4 nitrogen and oxygen atoms in total. The second-order valence-electron chi connectivity index (χ2n) is 7.79. The Morgan fingerprint density at radius 3 is 2.35 bits per heavy atom. The Morgan fingerprint density at radius 2 is 1.59 bits per heavy atom. The number of hydrogen-bond donors (Lipinski definition) is 0. The number of ether oxygens (including phenoxy) is 2. The third-order valence-electron chi connectivity index (χ3n) is 5.83. The Hall–Kier alpha value is -4.80. The number of aromatic nitrogens is 1. The number of hydrogen-bond acceptors (Lipinski definition) is 4. The second-order valence-corrected chi connectivity index (χ2v) is 7.79. The van der Waals surface area contributed by atoms with Gasteiger partial charge in [-0.2, -0.15) is 5.26 Å². The highest BCUT2D eigenvalue weighted by molar-refractivity contribution is 6.08. The smallest absolute Gasteiger partial charge is 0.233 e. The minimum atomic E-state index is 0.0247. The van der Waals surface area contributed by atoms with Gasteiger partial charge in [-0.05, 0) is 51.4 Å². The highest BCUT2D eigenvalue weighted by Gasteiger charge is 2.17. The molecule has 0 atom stereocenters.